The molecular formula is C15H26N2O3. The Morgan fingerprint density at radius 1 is 1.20 bits per heavy atom. The third kappa shape index (κ3) is 1.90. The summed E-state index contributed by atoms with van der Waals surface area (Å²) in [6.45, 7) is 6.36. The molecule has 20 heavy (non-hydrogen) atoms. The van der Waals surface area contributed by atoms with E-state index in [0.717, 1.165) is 45.5 Å². The van der Waals surface area contributed by atoms with Gasteiger partial charge < -0.3 is 20.5 Å². The quantitative estimate of drug-likeness (QED) is 0.786. The number of hydrogen-bond acceptors (Lipinski definition) is 4. The predicted molar refractivity (Wildman–Crippen MR) is 75.1 cm³/mol. The van der Waals surface area contributed by atoms with E-state index in [-0.39, 0.29) is 29.4 Å². The van der Waals surface area contributed by atoms with Crippen molar-refractivity contribution in [2.24, 2.45) is 17.1 Å². The van der Waals surface area contributed by atoms with Crippen molar-refractivity contribution in [2.75, 3.05) is 19.8 Å². The van der Waals surface area contributed by atoms with E-state index in [1.165, 1.54) is 0 Å². The number of hydrogen-bond donors (Lipinski definition) is 2. The summed E-state index contributed by atoms with van der Waals surface area (Å²) in [4.78, 5) is 12.8. The third-order valence-electron chi connectivity index (χ3n) is 5.62. The van der Waals surface area contributed by atoms with E-state index < -0.39 is 5.54 Å². The number of carbonyl (C=O) groups is 1. The molecule has 3 atom stereocenters. The second kappa shape index (κ2) is 4.97. The summed E-state index contributed by atoms with van der Waals surface area (Å²) in [6, 6.07) is 0.205. The minimum Gasteiger partial charge on any atom is -0.381 e. The lowest BCUT2D eigenvalue weighted by atomic mass is 9.46. The molecule has 3 rings (SSSR count). The summed E-state index contributed by atoms with van der Waals surface area (Å²) in [5.41, 5.74) is 5.48. The maximum atomic E-state index is 12.8. The zero-order chi connectivity index (χ0) is 14.4. The first-order valence-corrected chi connectivity index (χ1v) is 7.77. The molecule has 5 nitrogen and oxygen atoms in total. The molecule has 0 aromatic rings. The van der Waals surface area contributed by atoms with Crippen LogP contribution in [-0.4, -0.2) is 43.4 Å². The lowest BCUT2D eigenvalue weighted by Crippen LogP contribution is -2.82. The van der Waals surface area contributed by atoms with Gasteiger partial charge in [0.2, 0.25) is 5.91 Å². The van der Waals surface area contributed by atoms with Crippen LogP contribution in [0, 0.1) is 11.3 Å². The van der Waals surface area contributed by atoms with Gasteiger partial charge in [-0.1, -0.05) is 13.8 Å². The number of nitrogens with one attached hydrogen (secondary N) is 1. The van der Waals surface area contributed by atoms with Gasteiger partial charge in [0.25, 0.3) is 0 Å². The minimum atomic E-state index is -0.795. The predicted octanol–water partition coefficient (Wildman–Crippen LogP) is 0.814. The Morgan fingerprint density at radius 3 is 2.60 bits per heavy atom. The molecule has 2 aliphatic heterocycles. The fourth-order valence-electron chi connectivity index (χ4n) is 4.18. The molecule has 2 saturated heterocycles. The molecule has 5 heteroatoms. The van der Waals surface area contributed by atoms with Gasteiger partial charge in [0.1, 0.15) is 5.54 Å². The van der Waals surface area contributed by atoms with Crippen LogP contribution in [0.5, 0.6) is 0 Å². The average molecular weight is 282 g/mol. The van der Waals surface area contributed by atoms with Crippen molar-refractivity contribution in [3.8, 4) is 0 Å². The SMILES string of the molecule is CC1(C)C2OCCCC2C1(N)C(=O)NC1CCOCC1. The zero-order valence-corrected chi connectivity index (χ0v) is 12.5. The van der Waals surface area contributed by atoms with Gasteiger partial charge in [-0.3, -0.25) is 4.79 Å². The third-order valence-corrected chi connectivity index (χ3v) is 5.62. The smallest absolute Gasteiger partial charge is 0.241 e. The molecule has 0 spiro atoms. The lowest BCUT2D eigenvalue weighted by molar-refractivity contribution is -0.225. The van der Waals surface area contributed by atoms with Crippen molar-refractivity contribution in [3.63, 3.8) is 0 Å². The number of ether oxygens (including phenoxy) is 2. The van der Waals surface area contributed by atoms with Gasteiger partial charge in [0.15, 0.2) is 0 Å². The summed E-state index contributed by atoms with van der Waals surface area (Å²) in [5.74, 6) is 0.159. The highest BCUT2D eigenvalue weighted by atomic mass is 16.5. The maximum Gasteiger partial charge on any atom is 0.241 e. The molecular weight excluding hydrogens is 256 g/mol. The standard InChI is InChI=1S/C15H26N2O3/c1-14(2)12-11(4-3-7-20-12)15(14,16)13(18)17-10-5-8-19-9-6-10/h10-12H,3-9,16H2,1-2H3,(H,17,18). The highest BCUT2D eigenvalue weighted by Gasteiger charge is 2.70. The van der Waals surface area contributed by atoms with Crippen molar-refractivity contribution >= 4 is 5.91 Å². The van der Waals surface area contributed by atoms with Crippen LogP contribution < -0.4 is 11.1 Å². The van der Waals surface area contributed by atoms with Gasteiger partial charge in [-0.2, -0.15) is 0 Å². The van der Waals surface area contributed by atoms with Crippen molar-refractivity contribution in [1.29, 1.82) is 0 Å². The van der Waals surface area contributed by atoms with Crippen LogP contribution in [0.2, 0.25) is 0 Å². The molecule has 3 unspecified atom stereocenters. The summed E-state index contributed by atoms with van der Waals surface area (Å²) in [5, 5.41) is 3.15. The Kier molecular flexibility index (Phi) is 3.55. The van der Waals surface area contributed by atoms with Gasteiger partial charge in [0, 0.05) is 37.2 Å². The van der Waals surface area contributed by atoms with E-state index in [2.05, 4.69) is 19.2 Å². The maximum absolute atomic E-state index is 12.8. The zero-order valence-electron chi connectivity index (χ0n) is 12.5. The highest BCUT2D eigenvalue weighted by Crippen LogP contribution is 2.57. The monoisotopic (exact) mass is 282 g/mol. The molecule has 3 N–H and O–H groups in total. The fourth-order valence-corrected chi connectivity index (χ4v) is 4.18. The van der Waals surface area contributed by atoms with E-state index in [1.54, 1.807) is 0 Å². The van der Waals surface area contributed by atoms with Gasteiger partial charge in [-0.25, -0.2) is 0 Å². The number of nitrogens with two attached hydrogens (primary N) is 1. The first-order valence-electron chi connectivity index (χ1n) is 7.77. The fraction of sp³-hybridized carbons (Fsp3) is 0.933. The normalized spacial score (nSPS) is 40.5. The van der Waals surface area contributed by atoms with Crippen LogP contribution in [0.3, 0.4) is 0 Å². The van der Waals surface area contributed by atoms with E-state index in [9.17, 15) is 4.79 Å². The molecule has 3 fully saturated rings. The number of carbonyl (C=O) groups excluding carboxylic acids is 1. The molecule has 3 aliphatic rings. The van der Waals surface area contributed by atoms with Crippen molar-refractivity contribution in [2.45, 2.75) is 57.2 Å². The second-order valence-corrected chi connectivity index (χ2v) is 6.99. The summed E-state index contributed by atoms with van der Waals surface area (Å²) < 4.78 is 11.2. The molecule has 1 amide bonds. The molecule has 114 valence electrons. The number of rotatable bonds is 2. The van der Waals surface area contributed by atoms with Crippen molar-refractivity contribution in [3.05, 3.63) is 0 Å². The largest absolute Gasteiger partial charge is 0.381 e. The van der Waals surface area contributed by atoms with Gasteiger partial charge in [-0.05, 0) is 25.7 Å². The Hall–Kier alpha value is -0.650. The molecule has 1 saturated carbocycles. The van der Waals surface area contributed by atoms with Gasteiger partial charge in [-0.15, -0.1) is 0 Å². The molecule has 0 bridgehead atoms. The first kappa shape index (κ1) is 14.3. The van der Waals surface area contributed by atoms with Crippen LogP contribution in [0.25, 0.3) is 0 Å². The average Bonchev–Trinajstić information content (AvgIpc) is 2.47. The lowest BCUT2D eigenvalue weighted by Gasteiger charge is -2.65. The van der Waals surface area contributed by atoms with E-state index in [4.69, 9.17) is 15.2 Å². The van der Waals surface area contributed by atoms with Crippen molar-refractivity contribution < 1.29 is 14.3 Å². The van der Waals surface area contributed by atoms with Crippen LogP contribution >= 0.6 is 0 Å². The molecule has 0 aromatic carbocycles. The van der Waals surface area contributed by atoms with E-state index in [0.29, 0.717) is 0 Å². The Balaban J connectivity index is 1.71. The second-order valence-electron chi connectivity index (χ2n) is 6.99. The molecule has 0 radical (unpaired) electrons. The highest BCUT2D eigenvalue weighted by molar-refractivity contribution is 5.89. The Labute approximate surface area is 120 Å². The van der Waals surface area contributed by atoms with Crippen LogP contribution in [0.1, 0.15) is 39.5 Å². The number of amides is 1. The Bertz CT molecular complexity index is 393. The summed E-state index contributed by atoms with van der Waals surface area (Å²) in [7, 11) is 0. The van der Waals surface area contributed by atoms with Gasteiger partial charge in [0.05, 0.1) is 6.10 Å². The molecule has 1 aliphatic carbocycles. The first-order chi connectivity index (χ1) is 9.48. The van der Waals surface area contributed by atoms with Gasteiger partial charge >= 0.3 is 0 Å². The number of fused-ring (bicyclic) bond motifs is 1. The van der Waals surface area contributed by atoms with E-state index >= 15 is 0 Å². The minimum absolute atomic E-state index is 0.00106. The summed E-state index contributed by atoms with van der Waals surface area (Å²) >= 11 is 0. The topological polar surface area (TPSA) is 73.6 Å². The molecule has 2 heterocycles. The van der Waals surface area contributed by atoms with Crippen molar-refractivity contribution in [1.82, 2.24) is 5.32 Å². The van der Waals surface area contributed by atoms with Crippen LogP contribution in [0.15, 0.2) is 0 Å². The molecule has 0 aromatic heterocycles. The Morgan fingerprint density at radius 2 is 1.90 bits per heavy atom. The van der Waals surface area contributed by atoms with Crippen LogP contribution in [0.4, 0.5) is 0 Å². The van der Waals surface area contributed by atoms with E-state index in [1.807, 2.05) is 0 Å². The summed E-state index contributed by atoms with van der Waals surface area (Å²) in [6.07, 6.45) is 3.88. The van der Waals surface area contributed by atoms with Crippen LogP contribution in [-0.2, 0) is 14.3 Å².